The number of halogens is 1. The summed E-state index contributed by atoms with van der Waals surface area (Å²) in [5.41, 5.74) is 0.810. The average Bonchev–Trinajstić information content (AvgIpc) is 2.30. The lowest BCUT2D eigenvalue weighted by Crippen LogP contribution is -2.20. The van der Waals surface area contributed by atoms with E-state index in [0.29, 0.717) is 4.90 Å². The second kappa shape index (κ2) is 2.80. The van der Waals surface area contributed by atoms with Gasteiger partial charge in [0.1, 0.15) is 4.95 Å². The van der Waals surface area contributed by atoms with Gasteiger partial charge in [-0.3, -0.25) is 0 Å². The Morgan fingerprint density at radius 1 is 1.38 bits per heavy atom. The maximum atomic E-state index is 11.7. The van der Waals surface area contributed by atoms with Crippen LogP contribution in [0.25, 0.3) is 0 Å². The van der Waals surface area contributed by atoms with Crippen molar-refractivity contribution in [1.29, 1.82) is 0 Å². The summed E-state index contributed by atoms with van der Waals surface area (Å²) in [7, 11) is -1.68. The van der Waals surface area contributed by atoms with Gasteiger partial charge in [0.25, 0.3) is 0 Å². The van der Waals surface area contributed by atoms with Gasteiger partial charge in [-0.05, 0) is 6.07 Å². The van der Waals surface area contributed by atoms with Crippen LogP contribution in [0.1, 0.15) is 10.5 Å². The minimum absolute atomic E-state index is 0.228. The zero-order valence-corrected chi connectivity index (χ0v) is 9.34. The third kappa shape index (κ3) is 1.14. The van der Waals surface area contributed by atoms with Gasteiger partial charge in [0, 0.05) is 12.6 Å². The first-order valence-electron chi connectivity index (χ1n) is 3.76. The molecule has 0 aromatic heterocycles. The number of alkyl halides is 1. The summed E-state index contributed by atoms with van der Waals surface area (Å²) in [6, 6.07) is 7.01. The van der Waals surface area contributed by atoms with E-state index in [1.807, 2.05) is 12.1 Å². The fourth-order valence-electron chi connectivity index (χ4n) is 1.39. The van der Waals surface area contributed by atoms with Crippen LogP contribution in [0.5, 0.6) is 0 Å². The van der Waals surface area contributed by atoms with E-state index >= 15 is 0 Å². The molecule has 1 atom stereocenters. The zero-order valence-electron chi connectivity index (χ0n) is 6.94. The van der Waals surface area contributed by atoms with Crippen LogP contribution in [-0.4, -0.2) is 19.8 Å². The molecule has 0 aliphatic carbocycles. The zero-order chi connectivity index (χ0) is 9.64. The summed E-state index contributed by atoms with van der Waals surface area (Å²) in [6.45, 7) is 0. The van der Waals surface area contributed by atoms with Crippen LogP contribution in [0.3, 0.4) is 0 Å². The van der Waals surface area contributed by atoms with Gasteiger partial charge in [0.05, 0.1) is 4.90 Å². The fraction of sp³-hybridized carbons (Fsp3) is 0.250. The van der Waals surface area contributed by atoms with E-state index in [0.717, 1.165) is 5.56 Å². The topological polar surface area (TPSA) is 37.4 Å². The molecule has 1 aromatic carbocycles. The Bertz CT molecular complexity index is 443. The van der Waals surface area contributed by atoms with Gasteiger partial charge in [-0.25, -0.2) is 8.42 Å². The highest BCUT2D eigenvalue weighted by atomic mass is 79.9. The van der Waals surface area contributed by atoms with Crippen molar-refractivity contribution < 1.29 is 8.42 Å². The van der Waals surface area contributed by atoms with E-state index in [-0.39, 0.29) is 4.95 Å². The van der Waals surface area contributed by atoms with Gasteiger partial charge in [-0.2, -0.15) is 4.31 Å². The Morgan fingerprint density at radius 2 is 2.00 bits per heavy atom. The number of sulfonamides is 1. The molecule has 1 aliphatic heterocycles. The summed E-state index contributed by atoms with van der Waals surface area (Å²) in [5, 5.41) is 0. The van der Waals surface area contributed by atoms with Crippen molar-refractivity contribution in [2.75, 3.05) is 7.05 Å². The second-order valence-electron chi connectivity index (χ2n) is 2.89. The summed E-state index contributed by atoms with van der Waals surface area (Å²) in [6.07, 6.45) is 0. The number of rotatable bonds is 0. The predicted molar refractivity (Wildman–Crippen MR) is 53.1 cm³/mol. The molecule has 70 valence electrons. The fourth-order valence-corrected chi connectivity index (χ4v) is 3.99. The lowest BCUT2D eigenvalue weighted by Gasteiger charge is -2.10. The molecule has 0 amide bonds. The molecular formula is C8H8BrNO2S. The summed E-state index contributed by atoms with van der Waals surface area (Å²) < 4.78 is 24.7. The molecule has 13 heavy (non-hydrogen) atoms. The average molecular weight is 262 g/mol. The van der Waals surface area contributed by atoms with Gasteiger partial charge in [-0.1, -0.05) is 34.1 Å². The lowest BCUT2D eigenvalue weighted by molar-refractivity contribution is 0.485. The summed E-state index contributed by atoms with van der Waals surface area (Å²) in [4.78, 5) is 0.174. The third-order valence-corrected chi connectivity index (χ3v) is 5.43. The van der Waals surface area contributed by atoms with Crippen molar-refractivity contribution in [3.63, 3.8) is 0 Å². The van der Waals surface area contributed by atoms with Crippen LogP contribution >= 0.6 is 15.9 Å². The number of hydrogen-bond donors (Lipinski definition) is 0. The number of benzene rings is 1. The molecule has 1 unspecified atom stereocenters. The molecule has 1 heterocycles. The molecule has 0 N–H and O–H groups in total. The summed E-state index contributed by atoms with van der Waals surface area (Å²) in [5.74, 6) is 0. The van der Waals surface area contributed by atoms with E-state index in [4.69, 9.17) is 0 Å². The SMILES string of the molecule is CN1C(Br)c2ccccc2S1(=O)=O. The summed E-state index contributed by atoms with van der Waals surface area (Å²) >= 11 is 3.32. The van der Waals surface area contributed by atoms with Gasteiger partial charge in [-0.15, -0.1) is 0 Å². The van der Waals surface area contributed by atoms with E-state index in [2.05, 4.69) is 15.9 Å². The molecule has 0 radical (unpaired) electrons. The largest absolute Gasteiger partial charge is 0.244 e. The first-order chi connectivity index (χ1) is 6.05. The Labute approximate surface area is 85.5 Å². The third-order valence-electron chi connectivity index (χ3n) is 2.15. The van der Waals surface area contributed by atoms with Crippen LogP contribution < -0.4 is 0 Å². The Kier molecular flexibility index (Phi) is 1.98. The Hall–Kier alpha value is -0.390. The molecule has 0 saturated heterocycles. The number of nitrogens with zero attached hydrogens (tertiary/aromatic N) is 1. The van der Waals surface area contributed by atoms with E-state index < -0.39 is 10.0 Å². The normalized spacial score (nSPS) is 25.8. The van der Waals surface area contributed by atoms with Gasteiger partial charge in [0.15, 0.2) is 0 Å². The Balaban J connectivity index is 2.76. The quantitative estimate of drug-likeness (QED) is 0.527. The second-order valence-corrected chi connectivity index (χ2v) is 5.73. The molecule has 1 aromatic rings. The standard InChI is InChI=1S/C8H8BrNO2S/c1-10-8(9)6-4-2-3-5-7(6)13(10,11)12/h2-5,8H,1H3. The monoisotopic (exact) mass is 261 g/mol. The molecular weight excluding hydrogens is 254 g/mol. The maximum Gasteiger partial charge on any atom is 0.244 e. The van der Waals surface area contributed by atoms with Crippen molar-refractivity contribution in [2.45, 2.75) is 9.85 Å². The highest BCUT2D eigenvalue weighted by Crippen LogP contribution is 2.41. The number of hydrogen-bond acceptors (Lipinski definition) is 2. The van der Waals surface area contributed by atoms with E-state index in [9.17, 15) is 8.42 Å². The highest BCUT2D eigenvalue weighted by Gasteiger charge is 2.38. The first-order valence-corrected chi connectivity index (χ1v) is 6.12. The molecule has 1 aliphatic rings. The molecule has 2 rings (SSSR count). The van der Waals surface area contributed by atoms with Crippen LogP contribution in [0, 0.1) is 0 Å². The van der Waals surface area contributed by atoms with Gasteiger partial charge < -0.3 is 0 Å². The molecule has 0 bridgehead atoms. The maximum absolute atomic E-state index is 11.7. The van der Waals surface area contributed by atoms with Crippen molar-refractivity contribution in [3.05, 3.63) is 29.8 Å². The number of fused-ring (bicyclic) bond motifs is 1. The van der Waals surface area contributed by atoms with Crippen molar-refractivity contribution in [2.24, 2.45) is 0 Å². The van der Waals surface area contributed by atoms with Crippen LogP contribution in [-0.2, 0) is 10.0 Å². The van der Waals surface area contributed by atoms with Crippen molar-refractivity contribution in [3.8, 4) is 0 Å². The smallest absolute Gasteiger partial charge is 0.207 e. The molecule has 0 saturated carbocycles. The van der Waals surface area contributed by atoms with E-state index in [1.165, 1.54) is 4.31 Å². The van der Waals surface area contributed by atoms with Crippen LogP contribution in [0.4, 0.5) is 0 Å². The molecule has 0 spiro atoms. The lowest BCUT2D eigenvalue weighted by atomic mass is 10.2. The minimum Gasteiger partial charge on any atom is -0.207 e. The first kappa shape index (κ1) is 9.18. The van der Waals surface area contributed by atoms with Gasteiger partial charge in [0.2, 0.25) is 10.0 Å². The molecule has 3 nitrogen and oxygen atoms in total. The molecule has 5 heteroatoms. The van der Waals surface area contributed by atoms with E-state index in [1.54, 1.807) is 19.2 Å². The van der Waals surface area contributed by atoms with Crippen LogP contribution in [0.15, 0.2) is 29.2 Å². The minimum atomic E-state index is -3.25. The van der Waals surface area contributed by atoms with Gasteiger partial charge >= 0.3 is 0 Å². The van der Waals surface area contributed by atoms with Crippen molar-refractivity contribution in [1.82, 2.24) is 4.31 Å². The Morgan fingerprint density at radius 3 is 2.62 bits per heavy atom. The predicted octanol–water partition coefficient (Wildman–Crippen LogP) is 1.71. The molecule has 0 fully saturated rings. The van der Waals surface area contributed by atoms with Crippen LogP contribution in [0.2, 0.25) is 0 Å². The highest BCUT2D eigenvalue weighted by molar-refractivity contribution is 9.09. The van der Waals surface area contributed by atoms with Crippen molar-refractivity contribution >= 4 is 26.0 Å².